The summed E-state index contributed by atoms with van der Waals surface area (Å²) in [5.74, 6) is -0.0156. The Balaban J connectivity index is 1.48. The summed E-state index contributed by atoms with van der Waals surface area (Å²) in [6, 6.07) is 28.4. The van der Waals surface area contributed by atoms with Crippen LogP contribution in [0.25, 0.3) is 10.8 Å². The Hall–Kier alpha value is -4.07. The van der Waals surface area contributed by atoms with Gasteiger partial charge in [-0.05, 0) is 16.5 Å². The van der Waals surface area contributed by atoms with Crippen LogP contribution in [0.4, 0.5) is 0 Å². The average molecular weight is 537 g/mol. The monoisotopic (exact) mass is 536 g/mol. The third-order valence-corrected chi connectivity index (χ3v) is 7.74. The molecule has 0 bridgehead atoms. The SMILES string of the molecule is COCCN(C)C(=O)CC1CN(C(=O)c2cncc3ccccc23)CCN1C(c1ccccc1)c1ccccc1. The Morgan fingerprint density at radius 2 is 1.57 bits per heavy atom. The number of hydrogen-bond donors (Lipinski definition) is 0. The highest BCUT2D eigenvalue weighted by molar-refractivity contribution is 6.06. The maximum atomic E-state index is 13.9. The fourth-order valence-corrected chi connectivity index (χ4v) is 5.59. The van der Waals surface area contributed by atoms with Gasteiger partial charge in [0, 0.05) is 70.6 Å². The molecule has 0 N–H and O–H groups in total. The molecule has 2 amide bonds. The van der Waals surface area contributed by atoms with Gasteiger partial charge < -0.3 is 14.5 Å². The van der Waals surface area contributed by atoms with Crippen LogP contribution in [0, 0.1) is 0 Å². The lowest BCUT2D eigenvalue weighted by atomic mass is 9.93. The zero-order valence-electron chi connectivity index (χ0n) is 23.1. The zero-order valence-corrected chi connectivity index (χ0v) is 23.1. The molecule has 7 nitrogen and oxygen atoms in total. The lowest BCUT2D eigenvalue weighted by molar-refractivity contribution is -0.132. The fourth-order valence-electron chi connectivity index (χ4n) is 5.59. The molecule has 206 valence electrons. The van der Waals surface area contributed by atoms with E-state index in [0.717, 1.165) is 21.9 Å². The molecule has 0 radical (unpaired) electrons. The summed E-state index contributed by atoms with van der Waals surface area (Å²) < 4.78 is 5.20. The summed E-state index contributed by atoms with van der Waals surface area (Å²) in [5.41, 5.74) is 2.92. The van der Waals surface area contributed by atoms with Gasteiger partial charge in [-0.1, -0.05) is 84.9 Å². The number of pyridine rings is 1. The van der Waals surface area contributed by atoms with Crippen molar-refractivity contribution in [2.24, 2.45) is 0 Å². The smallest absolute Gasteiger partial charge is 0.256 e. The van der Waals surface area contributed by atoms with Gasteiger partial charge in [0.25, 0.3) is 5.91 Å². The first-order chi connectivity index (χ1) is 19.6. The molecule has 1 aliphatic rings. The molecule has 2 heterocycles. The summed E-state index contributed by atoms with van der Waals surface area (Å²) >= 11 is 0. The zero-order chi connectivity index (χ0) is 27.9. The van der Waals surface area contributed by atoms with E-state index in [-0.39, 0.29) is 23.9 Å². The first kappa shape index (κ1) is 27.5. The van der Waals surface area contributed by atoms with Crippen LogP contribution < -0.4 is 0 Å². The number of aromatic nitrogens is 1. The molecular weight excluding hydrogens is 500 g/mol. The number of piperazine rings is 1. The third kappa shape index (κ3) is 6.06. The molecule has 0 saturated carbocycles. The summed E-state index contributed by atoms with van der Waals surface area (Å²) in [4.78, 5) is 37.7. The second-order valence-corrected chi connectivity index (χ2v) is 10.3. The van der Waals surface area contributed by atoms with Crippen LogP contribution in [0.3, 0.4) is 0 Å². The van der Waals surface area contributed by atoms with E-state index in [1.54, 1.807) is 24.4 Å². The quantitative estimate of drug-likeness (QED) is 0.312. The molecule has 7 heteroatoms. The predicted molar refractivity (Wildman–Crippen MR) is 157 cm³/mol. The Kier molecular flexibility index (Phi) is 8.84. The highest BCUT2D eigenvalue weighted by Crippen LogP contribution is 2.33. The van der Waals surface area contributed by atoms with E-state index in [0.29, 0.717) is 44.8 Å². The summed E-state index contributed by atoms with van der Waals surface area (Å²) in [7, 11) is 3.45. The number of nitrogens with zero attached hydrogens (tertiary/aromatic N) is 4. The summed E-state index contributed by atoms with van der Waals surface area (Å²) in [5, 5.41) is 1.83. The van der Waals surface area contributed by atoms with E-state index in [9.17, 15) is 9.59 Å². The van der Waals surface area contributed by atoms with Gasteiger partial charge in [-0.2, -0.15) is 0 Å². The summed E-state index contributed by atoms with van der Waals surface area (Å²) in [6.07, 6.45) is 3.74. The molecule has 40 heavy (non-hydrogen) atoms. The van der Waals surface area contributed by atoms with Crippen LogP contribution in [0.5, 0.6) is 0 Å². The van der Waals surface area contributed by atoms with Gasteiger partial charge in [-0.15, -0.1) is 0 Å². The Morgan fingerprint density at radius 1 is 0.925 bits per heavy atom. The van der Waals surface area contributed by atoms with Crippen molar-refractivity contribution in [3.63, 3.8) is 0 Å². The number of carbonyl (C=O) groups is 2. The first-order valence-corrected chi connectivity index (χ1v) is 13.8. The predicted octanol–water partition coefficient (Wildman–Crippen LogP) is 4.65. The minimum atomic E-state index is -0.177. The number of benzene rings is 3. The van der Waals surface area contributed by atoms with Crippen molar-refractivity contribution in [2.75, 3.05) is 46.9 Å². The van der Waals surface area contributed by atoms with Crippen molar-refractivity contribution in [1.29, 1.82) is 0 Å². The second-order valence-electron chi connectivity index (χ2n) is 10.3. The topological polar surface area (TPSA) is 66.0 Å². The van der Waals surface area contributed by atoms with Crippen molar-refractivity contribution >= 4 is 22.6 Å². The lowest BCUT2D eigenvalue weighted by Gasteiger charge is -2.45. The van der Waals surface area contributed by atoms with Gasteiger partial charge in [0.1, 0.15) is 0 Å². The first-order valence-electron chi connectivity index (χ1n) is 13.8. The van der Waals surface area contributed by atoms with Gasteiger partial charge in [-0.3, -0.25) is 19.5 Å². The molecule has 0 aliphatic carbocycles. The van der Waals surface area contributed by atoms with Crippen molar-refractivity contribution in [3.8, 4) is 0 Å². The van der Waals surface area contributed by atoms with Crippen molar-refractivity contribution in [2.45, 2.75) is 18.5 Å². The molecule has 1 atom stereocenters. The molecule has 3 aromatic carbocycles. The van der Waals surface area contributed by atoms with E-state index >= 15 is 0 Å². The molecule has 1 fully saturated rings. The molecule has 1 aliphatic heterocycles. The molecule has 1 aromatic heterocycles. The number of hydrogen-bond acceptors (Lipinski definition) is 5. The van der Waals surface area contributed by atoms with Crippen molar-refractivity contribution in [3.05, 3.63) is 114 Å². The molecule has 0 spiro atoms. The van der Waals surface area contributed by atoms with E-state index in [4.69, 9.17) is 4.74 Å². The number of rotatable bonds is 9. The minimum absolute atomic E-state index is 0.0352. The van der Waals surface area contributed by atoms with Crippen LogP contribution in [0.1, 0.15) is 33.9 Å². The molecule has 1 unspecified atom stereocenters. The Bertz CT molecular complexity index is 1380. The van der Waals surface area contributed by atoms with Crippen LogP contribution in [0.15, 0.2) is 97.3 Å². The number of fused-ring (bicyclic) bond motifs is 1. The number of ether oxygens (including phenoxy) is 1. The van der Waals surface area contributed by atoms with Gasteiger partial charge >= 0.3 is 0 Å². The summed E-state index contributed by atoms with van der Waals surface area (Å²) in [6.45, 7) is 2.64. The largest absolute Gasteiger partial charge is 0.383 e. The highest BCUT2D eigenvalue weighted by Gasteiger charge is 2.37. The van der Waals surface area contributed by atoms with Gasteiger partial charge in [0.05, 0.1) is 18.2 Å². The van der Waals surface area contributed by atoms with Gasteiger partial charge in [0.2, 0.25) is 5.91 Å². The van der Waals surface area contributed by atoms with E-state index in [1.165, 1.54) is 0 Å². The number of amides is 2. The maximum absolute atomic E-state index is 13.9. The third-order valence-electron chi connectivity index (χ3n) is 7.74. The van der Waals surface area contributed by atoms with Gasteiger partial charge in [0.15, 0.2) is 0 Å². The number of likely N-dealkylation sites (N-methyl/N-ethyl adjacent to an activating group) is 1. The normalized spacial score (nSPS) is 15.9. The van der Waals surface area contributed by atoms with Crippen LogP contribution in [-0.2, 0) is 9.53 Å². The average Bonchev–Trinajstić information content (AvgIpc) is 3.01. The van der Waals surface area contributed by atoms with E-state index < -0.39 is 0 Å². The molecular formula is C33H36N4O3. The lowest BCUT2D eigenvalue weighted by Crippen LogP contribution is -2.57. The number of methoxy groups -OCH3 is 1. The molecule has 1 saturated heterocycles. The fraction of sp³-hybridized carbons (Fsp3) is 0.303. The van der Waals surface area contributed by atoms with Crippen molar-refractivity contribution < 1.29 is 14.3 Å². The maximum Gasteiger partial charge on any atom is 0.256 e. The van der Waals surface area contributed by atoms with E-state index in [1.807, 2.05) is 48.3 Å². The standard InChI is InChI=1S/C33H36N4O3/c1-35(19-20-40-2)31(38)21-28-24-36(33(39)30-23-34-22-27-15-9-10-16-29(27)30)17-18-37(28)32(25-11-5-3-6-12-25)26-13-7-4-8-14-26/h3-16,22-23,28,32H,17-21,24H2,1-2H3. The van der Waals surface area contributed by atoms with Crippen molar-refractivity contribution in [1.82, 2.24) is 19.7 Å². The minimum Gasteiger partial charge on any atom is -0.383 e. The second kappa shape index (κ2) is 12.9. The molecule has 5 rings (SSSR count). The van der Waals surface area contributed by atoms with Gasteiger partial charge in [-0.25, -0.2) is 0 Å². The van der Waals surface area contributed by atoms with Crippen LogP contribution >= 0.6 is 0 Å². The molecule has 4 aromatic rings. The Morgan fingerprint density at radius 3 is 2.25 bits per heavy atom. The number of carbonyl (C=O) groups excluding carboxylic acids is 2. The van der Waals surface area contributed by atoms with E-state index in [2.05, 4.69) is 58.4 Å². The highest BCUT2D eigenvalue weighted by atomic mass is 16.5. The Labute approximate surface area is 236 Å². The van der Waals surface area contributed by atoms with Crippen LogP contribution in [0.2, 0.25) is 0 Å². The van der Waals surface area contributed by atoms with Crippen LogP contribution in [-0.4, -0.2) is 84.5 Å².